The number of nitrogens with one attached hydrogen (secondary N) is 1. The number of hydrogen-bond acceptors (Lipinski definition) is 2. The van der Waals surface area contributed by atoms with Gasteiger partial charge in [-0.15, -0.1) is 0 Å². The van der Waals surface area contributed by atoms with E-state index in [-0.39, 0.29) is 11.9 Å². The summed E-state index contributed by atoms with van der Waals surface area (Å²) in [5.41, 5.74) is 1.94. The Bertz CT molecular complexity index is 443. The molecule has 1 aliphatic carbocycles. The van der Waals surface area contributed by atoms with E-state index in [1.807, 2.05) is 26.0 Å². The van der Waals surface area contributed by atoms with Gasteiger partial charge in [0.25, 0.3) is 0 Å². The van der Waals surface area contributed by atoms with Gasteiger partial charge in [-0.2, -0.15) is 0 Å². The lowest BCUT2D eigenvalue weighted by molar-refractivity contribution is -0.0292. The Morgan fingerprint density at radius 3 is 2.76 bits per heavy atom. The van der Waals surface area contributed by atoms with Crippen LogP contribution in [0.25, 0.3) is 0 Å². The lowest BCUT2D eigenvalue weighted by Crippen LogP contribution is -2.35. The van der Waals surface area contributed by atoms with Crippen molar-refractivity contribution in [3.05, 3.63) is 35.1 Å². The highest BCUT2D eigenvalue weighted by molar-refractivity contribution is 5.27. The second-order valence-corrected chi connectivity index (χ2v) is 6.18. The minimum atomic E-state index is -0.0881. The average Bonchev–Trinajstić information content (AvgIpc) is 2.43. The third-order valence-corrected chi connectivity index (χ3v) is 4.33. The molecule has 0 heterocycles. The first-order valence-electron chi connectivity index (χ1n) is 8.25. The smallest absolute Gasteiger partial charge is 0.127 e. The van der Waals surface area contributed by atoms with Crippen molar-refractivity contribution in [2.75, 3.05) is 13.2 Å². The molecule has 1 fully saturated rings. The first kappa shape index (κ1) is 16.4. The zero-order valence-corrected chi connectivity index (χ0v) is 13.5. The molecule has 0 radical (unpaired) electrons. The number of rotatable bonds is 8. The Labute approximate surface area is 128 Å². The summed E-state index contributed by atoms with van der Waals surface area (Å²) < 4.78 is 19.8. The predicted octanol–water partition coefficient (Wildman–Crippen LogP) is 4.38. The van der Waals surface area contributed by atoms with Gasteiger partial charge in [0.15, 0.2) is 0 Å². The van der Waals surface area contributed by atoms with Gasteiger partial charge in [-0.25, -0.2) is 4.39 Å². The second kappa shape index (κ2) is 7.90. The zero-order chi connectivity index (χ0) is 15.2. The van der Waals surface area contributed by atoms with E-state index in [0.717, 1.165) is 50.0 Å². The van der Waals surface area contributed by atoms with Crippen LogP contribution in [0, 0.1) is 18.7 Å². The highest BCUT2D eigenvalue weighted by atomic mass is 19.1. The lowest BCUT2D eigenvalue weighted by Gasteiger charge is -2.37. The molecule has 118 valence electrons. The summed E-state index contributed by atoms with van der Waals surface area (Å²) in [6.45, 7) is 7.93. The molecule has 0 spiro atoms. The maximum atomic E-state index is 14.2. The predicted molar refractivity (Wildman–Crippen MR) is 84.9 cm³/mol. The van der Waals surface area contributed by atoms with Crippen molar-refractivity contribution in [2.24, 2.45) is 5.92 Å². The molecule has 0 aliphatic heterocycles. The molecule has 3 heteroatoms. The quantitative estimate of drug-likeness (QED) is 0.768. The third kappa shape index (κ3) is 4.52. The van der Waals surface area contributed by atoms with Crippen LogP contribution in [-0.4, -0.2) is 19.3 Å². The number of benzene rings is 1. The van der Waals surface area contributed by atoms with Gasteiger partial charge in [0.2, 0.25) is 0 Å². The van der Waals surface area contributed by atoms with Gasteiger partial charge < -0.3 is 10.1 Å². The van der Waals surface area contributed by atoms with Crippen LogP contribution in [0.5, 0.6) is 0 Å². The lowest BCUT2D eigenvalue weighted by atomic mass is 9.77. The minimum absolute atomic E-state index is 0.0881. The highest BCUT2D eigenvalue weighted by Gasteiger charge is 2.32. The van der Waals surface area contributed by atoms with Crippen molar-refractivity contribution in [1.29, 1.82) is 0 Å². The molecule has 0 aromatic heterocycles. The monoisotopic (exact) mass is 293 g/mol. The van der Waals surface area contributed by atoms with Crippen LogP contribution in [0.3, 0.4) is 0 Å². The van der Waals surface area contributed by atoms with E-state index in [1.165, 1.54) is 0 Å². The van der Waals surface area contributed by atoms with Gasteiger partial charge >= 0.3 is 0 Å². The van der Waals surface area contributed by atoms with Crippen molar-refractivity contribution >= 4 is 0 Å². The standard InChI is InChI=1S/C18H28FNO/c1-4-8-20-18(12-14-10-15(11-14)21-5-2)16-9-13(3)6-7-17(16)19/h6-7,9,14-15,18,20H,4-5,8,10-12H2,1-3H3. The molecule has 0 saturated heterocycles. The topological polar surface area (TPSA) is 21.3 Å². The molecule has 1 saturated carbocycles. The fourth-order valence-electron chi connectivity index (χ4n) is 3.14. The maximum Gasteiger partial charge on any atom is 0.127 e. The SMILES string of the molecule is CCCNC(CC1CC(OCC)C1)c1cc(C)ccc1F. The summed E-state index contributed by atoms with van der Waals surface area (Å²) in [7, 11) is 0. The number of ether oxygens (including phenoxy) is 1. The normalized spacial score (nSPS) is 22.9. The van der Waals surface area contributed by atoms with Gasteiger partial charge in [0.1, 0.15) is 5.82 Å². The third-order valence-electron chi connectivity index (χ3n) is 4.33. The zero-order valence-electron chi connectivity index (χ0n) is 13.5. The first-order chi connectivity index (χ1) is 10.1. The van der Waals surface area contributed by atoms with E-state index < -0.39 is 0 Å². The summed E-state index contributed by atoms with van der Waals surface area (Å²) in [5.74, 6) is 0.561. The van der Waals surface area contributed by atoms with Crippen LogP contribution < -0.4 is 5.32 Å². The molecule has 21 heavy (non-hydrogen) atoms. The molecular formula is C18H28FNO. The maximum absolute atomic E-state index is 14.2. The van der Waals surface area contributed by atoms with Crippen LogP contribution in [-0.2, 0) is 4.74 Å². The Kier molecular flexibility index (Phi) is 6.19. The van der Waals surface area contributed by atoms with Gasteiger partial charge in [-0.05, 0) is 58.1 Å². The summed E-state index contributed by atoms with van der Waals surface area (Å²) in [6.07, 6.45) is 4.73. The first-order valence-corrected chi connectivity index (χ1v) is 8.25. The van der Waals surface area contributed by atoms with Gasteiger partial charge in [0, 0.05) is 18.2 Å². The molecule has 1 unspecified atom stereocenters. The van der Waals surface area contributed by atoms with Crippen molar-refractivity contribution in [2.45, 2.75) is 58.6 Å². The fraction of sp³-hybridized carbons (Fsp3) is 0.667. The van der Waals surface area contributed by atoms with Gasteiger partial charge in [-0.3, -0.25) is 0 Å². The van der Waals surface area contributed by atoms with Gasteiger partial charge in [-0.1, -0.05) is 24.6 Å². The Balaban J connectivity index is 1.99. The van der Waals surface area contributed by atoms with E-state index in [2.05, 4.69) is 12.2 Å². The van der Waals surface area contributed by atoms with E-state index in [4.69, 9.17) is 4.74 Å². The van der Waals surface area contributed by atoms with Crippen LogP contribution in [0.2, 0.25) is 0 Å². The van der Waals surface area contributed by atoms with E-state index in [1.54, 1.807) is 6.07 Å². The van der Waals surface area contributed by atoms with Crippen LogP contribution >= 0.6 is 0 Å². The van der Waals surface area contributed by atoms with Crippen LogP contribution in [0.15, 0.2) is 18.2 Å². The fourth-order valence-corrected chi connectivity index (χ4v) is 3.14. The molecule has 2 nitrogen and oxygen atoms in total. The molecule has 0 bridgehead atoms. The van der Waals surface area contributed by atoms with E-state index in [9.17, 15) is 4.39 Å². The number of hydrogen-bond donors (Lipinski definition) is 1. The largest absolute Gasteiger partial charge is 0.378 e. The highest BCUT2D eigenvalue weighted by Crippen LogP contribution is 2.37. The van der Waals surface area contributed by atoms with Crippen LogP contribution in [0.1, 0.15) is 56.7 Å². The Morgan fingerprint density at radius 2 is 2.10 bits per heavy atom. The molecule has 1 atom stereocenters. The molecule has 1 aromatic carbocycles. The van der Waals surface area contributed by atoms with Gasteiger partial charge in [0.05, 0.1) is 6.10 Å². The van der Waals surface area contributed by atoms with E-state index in [0.29, 0.717) is 12.0 Å². The van der Waals surface area contributed by atoms with E-state index >= 15 is 0 Å². The molecule has 1 aromatic rings. The number of halogens is 1. The van der Waals surface area contributed by atoms with Crippen molar-refractivity contribution < 1.29 is 9.13 Å². The molecular weight excluding hydrogens is 265 g/mol. The molecule has 0 amide bonds. The summed E-state index contributed by atoms with van der Waals surface area (Å²) in [6, 6.07) is 5.54. The average molecular weight is 293 g/mol. The molecule has 2 rings (SSSR count). The van der Waals surface area contributed by atoms with Crippen LogP contribution in [0.4, 0.5) is 4.39 Å². The Hall–Kier alpha value is -0.930. The minimum Gasteiger partial charge on any atom is -0.378 e. The second-order valence-electron chi connectivity index (χ2n) is 6.18. The van der Waals surface area contributed by atoms with Crippen molar-refractivity contribution in [1.82, 2.24) is 5.32 Å². The van der Waals surface area contributed by atoms with Crippen molar-refractivity contribution in [3.63, 3.8) is 0 Å². The Morgan fingerprint density at radius 1 is 1.33 bits per heavy atom. The number of aryl methyl sites for hydroxylation is 1. The molecule has 1 aliphatic rings. The summed E-state index contributed by atoms with van der Waals surface area (Å²) in [5, 5.41) is 3.52. The summed E-state index contributed by atoms with van der Waals surface area (Å²) in [4.78, 5) is 0. The molecule has 1 N–H and O–H groups in total. The summed E-state index contributed by atoms with van der Waals surface area (Å²) >= 11 is 0. The van der Waals surface area contributed by atoms with Crippen molar-refractivity contribution in [3.8, 4) is 0 Å².